The summed E-state index contributed by atoms with van der Waals surface area (Å²) in [5.41, 5.74) is -3.42. The van der Waals surface area contributed by atoms with E-state index in [9.17, 15) is 23.1 Å². The van der Waals surface area contributed by atoms with Crippen LogP contribution in [0.4, 0.5) is 13.2 Å². The average Bonchev–Trinajstić information content (AvgIpc) is 2.43. The molecule has 3 nitrogen and oxygen atoms in total. The second-order valence-electron chi connectivity index (χ2n) is 8.23. The van der Waals surface area contributed by atoms with Crippen molar-refractivity contribution in [3.63, 3.8) is 0 Å². The summed E-state index contributed by atoms with van der Waals surface area (Å²) in [5.74, 6) is -3.30. The van der Waals surface area contributed by atoms with Crippen molar-refractivity contribution in [1.29, 1.82) is 0 Å². The summed E-state index contributed by atoms with van der Waals surface area (Å²) in [7, 11) is -2.82. The van der Waals surface area contributed by atoms with E-state index >= 15 is 0 Å². The Bertz CT molecular complexity index is 656. The van der Waals surface area contributed by atoms with Gasteiger partial charge in [-0.3, -0.25) is 0 Å². The Labute approximate surface area is 162 Å². The summed E-state index contributed by atoms with van der Waals surface area (Å²) in [6.45, 7) is 9.29. The van der Waals surface area contributed by atoms with E-state index in [4.69, 9.17) is 4.43 Å². The molecular weight excluding hydrogens is 429 g/mol. The normalized spacial score (nSPS) is 16.8. The quantitative estimate of drug-likeness (QED) is 0.522. The van der Waals surface area contributed by atoms with Gasteiger partial charge >= 0.3 is 12.1 Å². The van der Waals surface area contributed by atoms with E-state index in [2.05, 4.69) is 15.9 Å². The van der Waals surface area contributed by atoms with Gasteiger partial charge in [-0.25, -0.2) is 4.79 Å². The number of rotatable bonds is 7. The highest BCUT2D eigenvalue weighted by molar-refractivity contribution is 9.10. The zero-order valence-corrected chi connectivity index (χ0v) is 18.5. The van der Waals surface area contributed by atoms with E-state index in [1.165, 1.54) is 6.92 Å². The Kier molecular flexibility index (Phi) is 6.81. The molecule has 26 heavy (non-hydrogen) atoms. The number of alkyl halides is 3. The zero-order valence-electron chi connectivity index (χ0n) is 15.9. The molecule has 1 N–H and O–H groups in total. The van der Waals surface area contributed by atoms with E-state index in [-0.39, 0.29) is 6.42 Å². The molecule has 0 aromatic heterocycles. The molecule has 0 saturated carbocycles. The lowest BCUT2D eigenvalue weighted by atomic mass is 9.67. The minimum Gasteiger partial charge on any atom is -0.479 e. The number of carboxylic acids is 1. The second-order valence-corrected chi connectivity index (χ2v) is 13.5. The van der Waals surface area contributed by atoms with Gasteiger partial charge < -0.3 is 9.53 Å². The Balaban J connectivity index is 3.44. The summed E-state index contributed by atoms with van der Waals surface area (Å²) >= 11 is 3.40. The predicted molar refractivity (Wildman–Crippen MR) is 102 cm³/mol. The lowest BCUT2D eigenvalue weighted by molar-refractivity contribution is -0.277. The van der Waals surface area contributed by atoms with E-state index in [1.54, 1.807) is 39.6 Å². The fourth-order valence-electron chi connectivity index (χ4n) is 3.06. The standard InChI is InChI=1S/C18H26BrF3O3Si/c1-12(16(2,3)11-13-9-7-8-10-14(13)19)17(15(23)24,18(20,21)22)25-26(4,5)6/h7-10,12H,11H2,1-6H3,(H,23,24). The van der Waals surface area contributed by atoms with E-state index in [0.717, 1.165) is 10.0 Å². The highest BCUT2D eigenvalue weighted by atomic mass is 79.9. The maximum atomic E-state index is 14.1. The molecule has 2 unspecified atom stereocenters. The lowest BCUT2D eigenvalue weighted by Gasteiger charge is -2.47. The fourth-order valence-corrected chi connectivity index (χ4v) is 4.83. The Hall–Kier alpha value is -0.863. The van der Waals surface area contributed by atoms with E-state index in [0.29, 0.717) is 0 Å². The van der Waals surface area contributed by atoms with Crippen molar-refractivity contribution in [1.82, 2.24) is 0 Å². The van der Waals surface area contributed by atoms with Crippen LogP contribution in [0.3, 0.4) is 0 Å². The third-order valence-electron chi connectivity index (χ3n) is 4.59. The number of benzene rings is 1. The van der Waals surface area contributed by atoms with Gasteiger partial charge in [-0.2, -0.15) is 13.2 Å². The van der Waals surface area contributed by atoms with Gasteiger partial charge in [0.2, 0.25) is 0 Å². The van der Waals surface area contributed by atoms with Crippen LogP contribution in [0.25, 0.3) is 0 Å². The summed E-state index contributed by atoms with van der Waals surface area (Å²) < 4.78 is 48.3. The first-order valence-electron chi connectivity index (χ1n) is 8.28. The van der Waals surface area contributed by atoms with Gasteiger partial charge in [-0.05, 0) is 43.1 Å². The van der Waals surface area contributed by atoms with E-state index in [1.807, 2.05) is 18.2 Å². The van der Waals surface area contributed by atoms with Gasteiger partial charge in [0, 0.05) is 10.4 Å². The highest BCUT2D eigenvalue weighted by Gasteiger charge is 2.68. The summed E-state index contributed by atoms with van der Waals surface area (Å²) in [4.78, 5) is 11.9. The van der Waals surface area contributed by atoms with Crippen LogP contribution in [0.1, 0.15) is 26.3 Å². The molecule has 1 aromatic rings. The second kappa shape index (κ2) is 7.64. The number of halogens is 4. The SMILES string of the molecule is CC(C(C)(C)Cc1ccccc1Br)C(O[Si](C)(C)C)(C(=O)O)C(F)(F)F. The predicted octanol–water partition coefficient (Wildman–Crippen LogP) is 5.89. The maximum Gasteiger partial charge on any atom is 0.427 e. The number of aliphatic carboxylic acids is 1. The summed E-state index contributed by atoms with van der Waals surface area (Å²) in [6.07, 6.45) is -4.76. The first-order valence-corrected chi connectivity index (χ1v) is 12.5. The molecule has 0 heterocycles. The summed E-state index contributed by atoms with van der Waals surface area (Å²) in [5, 5.41) is 9.65. The summed E-state index contributed by atoms with van der Waals surface area (Å²) in [6, 6.07) is 7.24. The molecule has 0 fully saturated rings. The molecular formula is C18H26BrF3O3Si. The Morgan fingerprint density at radius 2 is 1.73 bits per heavy atom. The van der Waals surface area contributed by atoms with Gasteiger partial charge in [-0.15, -0.1) is 0 Å². The van der Waals surface area contributed by atoms with Gasteiger partial charge in [0.25, 0.3) is 5.60 Å². The number of hydrogen-bond donors (Lipinski definition) is 1. The monoisotopic (exact) mass is 454 g/mol. The first kappa shape index (κ1) is 23.2. The topological polar surface area (TPSA) is 46.5 Å². The Morgan fingerprint density at radius 3 is 2.12 bits per heavy atom. The molecule has 1 rings (SSSR count). The van der Waals surface area contributed by atoms with Gasteiger partial charge in [-0.1, -0.05) is 54.9 Å². The first-order chi connectivity index (χ1) is 11.5. The van der Waals surface area contributed by atoms with Crippen LogP contribution in [0.5, 0.6) is 0 Å². The van der Waals surface area contributed by atoms with Crippen molar-refractivity contribution in [3.8, 4) is 0 Å². The molecule has 1 aromatic carbocycles. The fraction of sp³-hybridized carbons (Fsp3) is 0.611. The molecule has 0 saturated heterocycles. The van der Waals surface area contributed by atoms with E-state index < -0.39 is 37.4 Å². The van der Waals surface area contributed by atoms with Crippen LogP contribution < -0.4 is 0 Å². The number of carboxylic acid groups (broad SMARTS) is 1. The third-order valence-corrected chi connectivity index (χ3v) is 6.30. The van der Waals surface area contributed by atoms with Crippen LogP contribution in [0.15, 0.2) is 28.7 Å². The van der Waals surface area contributed by atoms with Crippen molar-refractivity contribution in [3.05, 3.63) is 34.3 Å². The van der Waals surface area contributed by atoms with Crippen LogP contribution in [-0.2, 0) is 15.6 Å². The molecule has 8 heteroatoms. The minimum atomic E-state index is -5.04. The van der Waals surface area contributed by atoms with Crippen LogP contribution in [0, 0.1) is 11.3 Å². The van der Waals surface area contributed by atoms with Crippen LogP contribution in [-0.4, -0.2) is 31.2 Å². The smallest absolute Gasteiger partial charge is 0.427 e. The molecule has 0 radical (unpaired) electrons. The number of carbonyl (C=O) groups is 1. The van der Waals surface area contributed by atoms with Gasteiger partial charge in [0.15, 0.2) is 8.32 Å². The van der Waals surface area contributed by atoms with Crippen molar-refractivity contribution in [2.75, 3.05) is 0 Å². The zero-order chi connectivity index (χ0) is 20.6. The molecule has 2 atom stereocenters. The van der Waals surface area contributed by atoms with Crippen LogP contribution in [0.2, 0.25) is 19.6 Å². The van der Waals surface area contributed by atoms with Gasteiger partial charge in [0.05, 0.1) is 0 Å². The average molecular weight is 455 g/mol. The lowest BCUT2D eigenvalue weighted by Crippen LogP contribution is -2.65. The molecule has 0 amide bonds. The van der Waals surface area contributed by atoms with Gasteiger partial charge in [0.1, 0.15) is 0 Å². The molecule has 0 spiro atoms. The maximum absolute atomic E-state index is 14.1. The van der Waals surface area contributed by atoms with Crippen molar-refractivity contribution in [2.24, 2.45) is 11.3 Å². The largest absolute Gasteiger partial charge is 0.479 e. The highest BCUT2D eigenvalue weighted by Crippen LogP contribution is 2.49. The Morgan fingerprint density at radius 1 is 1.23 bits per heavy atom. The van der Waals surface area contributed by atoms with Crippen molar-refractivity contribution in [2.45, 2.75) is 58.6 Å². The van der Waals surface area contributed by atoms with Crippen molar-refractivity contribution < 1.29 is 27.5 Å². The third kappa shape index (κ3) is 4.89. The molecule has 0 aliphatic carbocycles. The minimum absolute atomic E-state index is 0.274. The molecule has 0 bridgehead atoms. The molecule has 0 aliphatic rings. The number of hydrogen-bond acceptors (Lipinski definition) is 2. The molecule has 0 aliphatic heterocycles. The van der Waals surface area contributed by atoms with Crippen molar-refractivity contribution >= 4 is 30.2 Å². The van der Waals surface area contributed by atoms with Crippen LogP contribution >= 0.6 is 15.9 Å². The molecule has 148 valence electrons.